The van der Waals surface area contributed by atoms with Gasteiger partial charge < -0.3 is 5.32 Å². The maximum atomic E-state index is 12.7. The van der Waals surface area contributed by atoms with E-state index in [1.807, 2.05) is 6.92 Å². The van der Waals surface area contributed by atoms with E-state index >= 15 is 0 Å². The van der Waals surface area contributed by atoms with Crippen LogP contribution >= 0.6 is 15.9 Å². The third-order valence-electron chi connectivity index (χ3n) is 1.58. The molecule has 0 aliphatic carbocycles. The van der Waals surface area contributed by atoms with Gasteiger partial charge in [0.1, 0.15) is 5.82 Å². The van der Waals surface area contributed by atoms with E-state index in [0.29, 0.717) is 5.33 Å². The van der Waals surface area contributed by atoms with Crippen molar-refractivity contribution >= 4 is 21.8 Å². The van der Waals surface area contributed by atoms with Gasteiger partial charge in [0.05, 0.1) is 11.8 Å². The summed E-state index contributed by atoms with van der Waals surface area (Å²) in [6.45, 7) is 1.85. The highest BCUT2D eigenvalue weighted by Crippen LogP contribution is 2.01. The van der Waals surface area contributed by atoms with E-state index in [9.17, 15) is 9.18 Å². The third kappa shape index (κ3) is 3.06. The van der Waals surface area contributed by atoms with E-state index in [-0.39, 0.29) is 17.5 Å². The van der Waals surface area contributed by atoms with Crippen LogP contribution in [-0.2, 0) is 0 Å². The first-order valence-electron chi connectivity index (χ1n) is 4.11. The Hall–Kier alpha value is -0.970. The maximum Gasteiger partial charge on any atom is 0.253 e. The molecule has 5 heteroatoms. The topological polar surface area (TPSA) is 42.0 Å². The molecule has 1 atom stereocenters. The molecule has 1 heterocycles. The lowest BCUT2D eigenvalue weighted by atomic mass is 10.2. The van der Waals surface area contributed by atoms with Crippen molar-refractivity contribution in [2.24, 2.45) is 0 Å². The highest BCUT2D eigenvalue weighted by Gasteiger charge is 2.09. The van der Waals surface area contributed by atoms with Crippen LogP contribution in [0, 0.1) is 5.82 Å². The molecule has 0 fully saturated rings. The van der Waals surface area contributed by atoms with Gasteiger partial charge in [0.25, 0.3) is 5.91 Å². The molecule has 0 radical (unpaired) electrons. The average molecular weight is 261 g/mol. The molecule has 1 aromatic heterocycles. The number of nitrogens with one attached hydrogen (secondary N) is 1. The number of nitrogens with zero attached hydrogens (tertiary/aromatic N) is 1. The summed E-state index contributed by atoms with van der Waals surface area (Å²) in [6, 6.07) is 1.16. The van der Waals surface area contributed by atoms with Crippen molar-refractivity contribution in [3.63, 3.8) is 0 Å². The monoisotopic (exact) mass is 260 g/mol. The molecule has 0 aliphatic heterocycles. The average Bonchev–Trinajstić information content (AvgIpc) is 2.17. The fourth-order valence-electron chi connectivity index (χ4n) is 0.882. The summed E-state index contributed by atoms with van der Waals surface area (Å²) < 4.78 is 12.7. The van der Waals surface area contributed by atoms with Crippen LogP contribution in [0.1, 0.15) is 17.3 Å². The highest BCUT2D eigenvalue weighted by atomic mass is 79.9. The van der Waals surface area contributed by atoms with Gasteiger partial charge in [0, 0.05) is 17.6 Å². The van der Waals surface area contributed by atoms with E-state index in [1.54, 1.807) is 0 Å². The molecule has 1 unspecified atom stereocenters. The zero-order chi connectivity index (χ0) is 10.6. The van der Waals surface area contributed by atoms with Crippen LogP contribution in [0.3, 0.4) is 0 Å². The zero-order valence-corrected chi connectivity index (χ0v) is 9.21. The van der Waals surface area contributed by atoms with Crippen molar-refractivity contribution in [3.05, 3.63) is 29.8 Å². The van der Waals surface area contributed by atoms with Gasteiger partial charge >= 0.3 is 0 Å². The summed E-state index contributed by atoms with van der Waals surface area (Å²) in [7, 11) is 0. The molecule has 0 saturated heterocycles. The molecule has 1 aromatic rings. The third-order valence-corrected chi connectivity index (χ3v) is 2.55. The van der Waals surface area contributed by atoms with E-state index in [4.69, 9.17) is 0 Å². The van der Waals surface area contributed by atoms with E-state index < -0.39 is 5.82 Å². The van der Waals surface area contributed by atoms with Gasteiger partial charge in [-0.05, 0) is 13.0 Å². The van der Waals surface area contributed by atoms with Crippen molar-refractivity contribution in [2.75, 3.05) is 5.33 Å². The Morgan fingerprint density at radius 2 is 2.43 bits per heavy atom. The second-order valence-electron chi connectivity index (χ2n) is 2.92. The summed E-state index contributed by atoms with van der Waals surface area (Å²) >= 11 is 3.23. The molecule has 1 N–H and O–H groups in total. The van der Waals surface area contributed by atoms with E-state index in [0.717, 1.165) is 12.3 Å². The fraction of sp³-hybridized carbons (Fsp3) is 0.333. The molecular formula is C9H10BrFN2O. The van der Waals surface area contributed by atoms with Gasteiger partial charge in [0.15, 0.2) is 0 Å². The molecule has 0 aromatic carbocycles. The number of alkyl halides is 1. The van der Waals surface area contributed by atoms with Crippen molar-refractivity contribution in [3.8, 4) is 0 Å². The minimum atomic E-state index is -0.510. The Balaban J connectivity index is 2.70. The Morgan fingerprint density at radius 1 is 1.71 bits per heavy atom. The second-order valence-corrected chi connectivity index (χ2v) is 3.57. The molecule has 0 spiro atoms. The van der Waals surface area contributed by atoms with Crippen LogP contribution in [0.4, 0.5) is 4.39 Å². The number of pyridine rings is 1. The summed E-state index contributed by atoms with van der Waals surface area (Å²) in [5.74, 6) is -0.826. The van der Waals surface area contributed by atoms with Gasteiger partial charge in [-0.2, -0.15) is 0 Å². The molecule has 0 aliphatic rings. The second kappa shape index (κ2) is 5.05. The minimum Gasteiger partial charge on any atom is -0.349 e. The lowest BCUT2D eigenvalue weighted by molar-refractivity contribution is 0.0943. The van der Waals surface area contributed by atoms with Gasteiger partial charge in [-0.15, -0.1) is 0 Å². The predicted octanol–water partition coefficient (Wildman–Crippen LogP) is 1.73. The summed E-state index contributed by atoms with van der Waals surface area (Å²) in [4.78, 5) is 15.0. The molecule has 1 rings (SSSR count). The molecule has 0 bridgehead atoms. The quantitative estimate of drug-likeness (QED) is 0.842. The Bertz CT molecular complexity index is 332. The number of carbonyl (C=O) groups is 1. The van der Waals surface area contributed by atoms with Crippen molar-refractivity contribution < 1.29 is 9.18 Å². The van der Waals surface area contributed by atoms with Crippen molar-refractivity contribution in [2.45, 2.75) is 13.0 Å². The van der Waals surface area contributed by atoms with Crippen LogP contribution in [0.5, 0.6) is 0 Å². The Morgan fingerprint density at radius 3 is 3.00 bits per heavy atom. The number of hydrogen-bond donors (Lipinski definition) is 1. The lowest BCUT2D eigenvalue weighted by Gasteiger charge is -2.09. The first-order chi connectivity index (χ1) is 6.63. The van der Waals surface area contributed by atoms with Crippen molar-refractivity contribution in [1.29, 1.82) is 0 Å². The van der Waals surface area contributed by atoms with Crippen LogP contribution < -0.4 is 5.32 Å². The number of amides is 1. The molecule has 3 nitrogen and oxygen atoms in total. The number of hydrogen-bond acceptors (Lipinski definition) is 2. The van der Waals surface area contributed by atoms with Crippen LogP contribution in [-0.4, -0.2) is 22.3 Å². The predicted molar refractivity (Wildman–Crippen MR) is 54.9 cm³/mol. The minimum absolute atomic E-state index is 0.00534. The summed E-state index contributed by atoms with van der Waals surface area (Å²) in [5.41, 5.74) is 0.234. The van der Waals surface area contributed by atoms with Crippen LogP contribution in [0.15, 0.2) is 18.5 Å². The first kappa shape index (κ1) is 11.1. The summed E-state index contributed by atoms with van der Waals surface area (Å²) in [6.07, 6.45) is 2.39. The van der Waals surface area contributed by atoms with E-state index in [2.05, 4.69) is 26.2 Å². The van der Waals surface area contributed by atoms with Crippen LogP contribution in [0.25, 0.3) is 0 Å². The highest BCUT2D eigenvalue weighted by molar-refractivity contribution is 9.09. The van der Waals surface area contributed by atoms with E-state index in [1.165, 1.54) is 6.20 Å². The zero-order valence-electron chi connectivity index (χ0n) is 7.63. The number of rotatable bonds is 3. The SMILES string of the molecule is CC(CBr)NC(=O)c1cncc(F)c1. The normalized spacial score (nSPS) is 12.2. The molecule has 14 heavy (non-hydrogen) atoms. The number of halogens is 2. The maximum absolute atomic E-state index is 12.7. The standard InChI is InChI=1S/C9H10BrFN2O/c1-6(3-10)13-9(14)7-2-8(11)5-12-4-7/h2,4-6H,3H2,1H3,(H,13,14). The largest absolute Gasteiger partial charge is 0.349 e. The smallest absolute Gasteiger partial charge is 0.253 e. The molecular weight excluding hydrogens is 251 g/mol. The molecule has 1 amide bonds. The Kier molecular flexibility index (Phi) is 4.00. The van der Waals surface area contributed by atoms with Gasteiger partial charge in [-0.1, -0.05) is 15.9 Å². The van der Waals surface area contributed by atoms with Gasteiger partial charge in [0.2, 0.25) is 0 Å². The van der Waals surface area contributed by atoms with Crippen LogP contribution in [0.2, 0.25) is 0 Å². The van der Waals surface area contributed by atoms with Gasteiger partial charge in [-0.25, -0.2) is 4.39 Å². The van der Waals surface area contributed by atoms with Gasteiger partial charge in [-0.3, -0.25) is 9.78 Å². The first-order valence-corrected chi connectivity index (χ1v) is 5.23. The Labute approximate surface area is 89.9 Å². The summed E-state index contributed by atoms with van der Waals surface area (Å²) in [5, 5.41) is 3.33. The number of aromatic nitrogens is 1. The molecule has 76 valence electrons. The molecule has 0 saturated carbocycles. The fourth-order valence-corrected chi connectivity index (χ4v) is 1.04. The van der Waals surface area contributed by atoms with Crippen molar-refractivity contribution in [1.82, 2.24) is 10.3 Å². The number of carbonyl (C=O) groups excluding carboxylic acids is 1. The lowest BCUT2D eigenvalue weighted by Crippen LogP contribution is -2.33.